The standard InChI is InChI=1S/C25H28N2O6/c1-14(2)22(23(29)27-12-15(28)11-21(27)24(30)31)26-25(32)33-13-20-18-9-5-3-7-16(18)17-8-4-6-10-19(17)20/h3-10,14-15,20-22,28H,11-13H2,1-2H3,(H,26,32)(H,30,31)/t15-,21-,22+/m1/s1. The summed E-state index contributed by atoms with van der Waals surface area (Å²) < 4.78 is 5.54. The van der Waals surface area contributed by atoms with Gasteiger partial charge in [0.1, 0.15) is 18.7 Å². The molecule has 33 heavy (non-hydrogen) atoms. The lowest BCUT2D eigenvalue weighted by Gasteiger charge is -2.29. The summed E-state index contributed by atoms with van der Waals surface area (Å²) in [5, 5.41) is 21.9. The number of β-amino-alcohol motifs (C(OH)–C–C–N with tert-alkyl or cyclic N) is 1. The van der Waals surface area contributed by atoms with E-state index in [1.807, 2.05) is 48.5 Å². The normalized spacial score (nSPS) is 20.3. The number of alkyl carbamates (subject to hydrolysis) is 1. The van der Waals surface area contributed by atoms with Gasteiger partial charge in [-0.1, -0.05) is 62.4 Å². The van der Waals surface area contributed by atoms with Crippen molar-refractivity contribution in [1.82, 2.24) is 10.2 Å². The number of carboxylic acid groups (broad SMARTS) is 1. The highest BCUT2D eigenvalue weighted by Gasteiger charge is 2.42. The van der Waals surface area contributed by atoms with Crippen LogP contribution in [0.3, 0.4) is 0 Å². The molecule has 0 radical (unpaired) electrons. The molecule has 8 nitrogen and oxygen atoms in total. The van der Waals surface area contributed by atoms with Crippen molar-refractivity contribution < 1.29 is 29.3 Å². The van der Waals surface area contributed by atoms with Gasteiger partial charge in [0.25, 0.3) is 0 Å². The summed E-state index contributed by atoms with van der Waals surface area (Å²) in [6.45, 7) is 3.55. The fraction of sp³-hybridized carbons (Fsp3) is 0.400. The van der Waals surface area contributed by atoms with Crippen LogP contribution >= 0.6 is 0 Å². The number of amides is 2. The number of hydrogen-bond donors (Lipinski definition) is 3. The van der Waals surface area contributed by atoms with Gasteiger partial charge in [-0.25, -0.2) is 9.59 Å². The van der Waals surface area contributed by atoms with Crippen LogP contribution in [0.4, 0.5) is 4.79 Å². The fourth-order valence-corrected chi connectivity index (χ4v) is 4.75. The molecule has 0 aromatic heterocycles. The molecule has 1 saturated heterocycles. The highest BCUT2D eigenvalue weighted by molar-refractivity contribution is 5.90. The molecule has 2 aliphatic rings. The van der Waals surface area contributed by atoms with Crippen molar-refractivity contribution in [2.24, 2.45) is 5.92 Å². The maximum atomic E-state index is 13.1. The minimum absolute atomic E-state index is 0.0309. The van der Waals surface area contributed by atoms with Crippen LogP contribution in [0, 0.1) is 5.92 Å². The van der Waals surface area contributed by atoms with Crippen LogP contribution in [-0.2, 0) is 14.3 Å². The zero-order valence-electron chi connectivity index (χ0n) is 18.6. The maximum absolute atomic E-state index is 13.1. The van der Waals surface area contributed by atoms with Crippen LogP contribution in [0.2, 0.25) is 0 Å². The van der Waals surface area contributed by atoms with Crippen molar-refractivity contribution in [2.45, 2.75) is 44.4 Å². The molecule has 1 fully saturated rings. The number of aliphatic carboxylic acids is 1. The second kappa shape index (κ2) is 9.23. The van der Waals surface area contributed by atoms with Crippen LogP contribution in [0.5, 0.6) is 0 Å². The van der Waals surface area contributed by atoms with E-state index in [1.54, 1.807) is 13.8 Å². The summed E-state index contributed by atoms with van der Waals surface area (Å²) >= 11 is 0. The summed E-state index contributed by atoms with van der Waals surface area (Å²) in [7, 11) is 0. The molecule has 2 aromatic rings. The maximum Gasteiger partial charge on any atom is 0.407 e. The molecule has 1 aliphatic heterocycles. The Kier molecular flexibility index (Phi) is 6.37. The van der Waals surface area contributed by atoms with Gasteiger partial charge in [-0.15, -0.1) is 0 Å². The number of aliphatic hydroxyl groups is 1. The Morgan fingerprint density at radius 1 is 1.06 bits per heavy atom. The molecule has 0 saturated carbocycles. The minimum atomic E-state index is -1.18. The molecule has 1 heterocycles. The molecule has 2 aromatic carbocycles. The molecular weight excluding hydrogens is 424 g/mol. The van der Waals surface area contributed by atoms with E-state index in [1.165, 1.54) is 0 Å². The van der Waals surface area contributed by atoms with Crippen LogP contribution in [0.15, 0.2) is 48.5 Å². The van der Waals surface area contributed by atoms with Gasteiger partial charge in [-0.3, -0.25) is 4.79 Å². The van der Waals surface area contributed by atoms with Crippen LogP contribution in [-0.4, -0.2) is 64.4 Å². The molecule has 3 N–H and O–H groups in total. The third kappa shape index (κ3) is 4.43. The van der Waals surface area contributed by atoms with Crippen molar-refractivity contribution in [3.05, 3.63) is 59.7 Å². The third-order valence-electron chi connectivity index (χ3n) is 6.40. The Balaban J connectivity index is 1.44. The molecule has 1 aliphatic carbocycles. The number of rotatable bonds is 6. The molecule has 8 heteroatoms. The molecule has 0 spiro atoms. The molecular formula is C25H28N2O6. The second-order valence-corrected chi connectivity index (χ2v) is 8.93. The topological polar surface area (TPSA) is 116 Å². The number of nitrogens with one attached hydrogen (secondary N) is 1. The van der Waals surface area contributed by atoms with Gasteiger partial charge in [0, 0.05) is 18.9 Å². The average molecular weight is 453 g/mol. The number of fused-ring (bicyclic) bond motifs is 3. The first-order valence-corrected chi connectivity index (χ1v) is 11.1. The lowest BCUT2D eigenvalue weighted by atomic mass is 9.98. The summed E-state index contributed by atoms with van der Waals surface area (Å²) in [5.74, 6) is -2.13. The molecule has 4 rings (SSSR count). The first-order valence-electron chi connectivity index (χ1n) is 11.1. The zero-order valence-corrected chi connectivity index (χ0v) is 18.6. The van der Waals surface area contributed by atoms with Gasteiger partial charge in [0.2, 0.25) is 5.91 Å². The summed E-state index contributed by atoms with van der Waals surface area (Å²) in [6.07, 6.45) is -1.68. The lowest BCUT2D eigenvalue weighted by Crippen LogP contribution is -2.54. The van der Waals surface area contributed by atoms with Gasteiger partial charge in [-0.2, -0.15) is 0 Å². The molecule has 174 valence electrons. The summed E-state index contributed by atoms with van der Waals surface area (Å²) in [6, 6.07) is 13.9. The lowest BCUT2D eigenvalue weighted by molar-refractivity contribution is -0.149. The van der Waals surface area contributed by atoms with E-state index in [0.29, 0.717) is 0 Å². The fourth-order valence-electron chi connectivity index (χ4n) is 4.75. The van der Waals surface area contributed by atoms with E-state index >= 15 is 0 Å². The predicted octanol–water partition coefficient (Wildman–Crippen LogP) is 2.60. The number of carbonyl (C=O) groups is 3. The molecule has 3 atom stereocenters. The highest BCUT2D eigenvalue weighted by atomic mass is 16.5. The smallest absolute Gasteiger partial charge is 0.407 e. The molecule has 0 bridgehead atoms. The molecule has 0 unspecified atom stereocenters. The molecule has 2 amide bonds. The summed E-state index contributed by atoms with van der Waals surface area (Å²) in [5.41, 5.74) is 4.39. The minimum Gasteiger partial charge on any atom is -0.480 e. The Hall–Kier alpha value is -3.39. The van der Waals surface area contributed by atoms with Crippen molar-refractivity contribution in [3.63, 3.8) is 0 Å². The number of nitrogens with zero attached hydrogens (tertiary/aromatic N) is 1. The highest BCUT2D eigenvalue weighted by Crippen LogP contribution is 2.44. The van der Waals surface area contributed by atoms with E-state index in [9.17, 15) is 24.6 Å². The SMILES string of the molecule is CC(C)[C@H](NC(=O)OCC1c2ccccc2-c2ccccc21)C(=O)N1C[C@H](O)C[C@@H]1C(=O)O. The van der Waals surface area contributed by atoms with E-state index < -0.39 is 36.2 Å². The Labute approximate surface area is 192 Å². The number of aliphatic hydroxyl groups excluding tert-OH is 1. The van der Waals surface area contributed by atoms with Gasteiger partial charge >= 0.3 is 12.1 Å². The van der Waals surface area contributed by atoms with Crippen LogP contribution < -0.4 is 5.32 Å². The van der Waals surface area contributed by atoms with Crippen molar-refractivity contribution in [2.75, 3.05) is 13.2 Å². The van der Waals surface area contributed by atoms with E-state index in [2.05, 4.69) is 5.32 Å². The van der Waals surface area contributed by atoms with Crippen LogP contribution in [0.1, 0.15) is 37.3 Å². The Bertz CT molecular complexity index is 1020. The first kappa shape index (κ1) is 22.8. The van der Waals surface area contributed by atoms with Gasteiger partial charge in [0.15, 0.2) is 0 Å². The largest absolute Gasteiger partial charge is 0.480 e. The number of ether oxygens (including phenoxy) is 1. The van der Waals surface area contributed by atoms with E-state index in [4.69, 9.17) is 4.74 Å². The number of likely N-dealkylation sites (tertiary alicyclic amines) is 1. The third-order valence-corrected chi connectivity index (χ3v) is 6.40. The number of benzene rings is 2. The van der Waals surface area contributed by atoms with Crippen molar-refractivity contribution in [1.29, 1.82) is 0 Å². The first-order chi connectivity index (χ1) is 15.8. The van der Waals surface area contributed by atoms with Gasteiger partial charge in [0.05, 0.1) is 6.10 Å². The number of carboxylic acids is 1. The second-order valence-electron chi connectivity index (χ2n) is 8.93. The average Bonchev–Trinajstić information content (AvgIpc) is 3.34. The van der Waals surface area contributed by atoms with Crippen LogP contribution in [0.25, 0.3) is 11.1 Å². The predicted molar refractivity (Wildman–Crippen MR) is 121 cm³/mol. The van der Waals surface area contributed by atoms with Gasteiger partial charge in [-0.05, 0) is 28.2 Å². The number of hydrogen-bond acceptors (Lipinski definition) is 5. The summed E-state index contributed by atoms with van der Waals surface area (Å²) in [4.78, 5) is 38.4. The number of carbonyl (C=O) groups excluding carboxylic acids is 2. The van der Waals surface area contributed by atoms with Gasteiger partial charge < -0.3 is 25.2 Å². The van der Waals surface area contributed by atoms with E-state index in [0.717, 1.165) is 27.2 Å². The van der Waals surface area contributed by atoms with E-state index in [-0.39, 0.29) is 31.4 Å². The van der Waals surface area contributed by atoms with Crippen molar-refractivity contribution >= 4 is 18.0 Å². The monoisotopic (exact) mass is 452 g/mol. The quantitative estimate of drug-likeness (QED) is 0.620. The zero-order chi connectivity index (χ0) is 23.7. The Morgan fingerprint density at radius 3 is 2.18 bits per heavy atom. The Morgan fingerprint density at radius 2 is 1.64 bits per heavy atom. The van der Waals surface area contributed by atoms with Crippen molar-refractivity contribution in [3.8, 4) is 11.1 Å².